The molecule has 0 fully saturated rings. The van der Waals surface area contributed by atoms with E-state index in [0.717, 1.165) is 0 Å². The molecule has 0 saturated heterocycles. The van der Waals surface area contributed by atoms with E-state index in [4.69, 9.17) is 16.9 Å². The largest absolute Gasteiger partial charge is 0.383 e. The van der Waals surface area contributed by atoms with Crippen molar-refractivity contribution < 1.29 is 0 Å². The summed E-state index contributed by atoms with van der Waals surface area (Å²) in [6.07, 6.45) is 1.59. The molecule has 0 bridgehead atoms. The van der Waals surface area contributed by atoms with Crippen LogP contribution in [0, 0.1) is 5.41 Å². The minimum Gasteiger partial charge on any atom is -0.383 e. The summed E-state index contributed by atoms with van der Waals surface area (Å²) in [4.78, 5) is 3.83. The molecule has 5 N–H and O–H groups in total. The fraction of sp³-hybridized carbons (Fsp3) is 0.143. The number of aromatic nitrogens is 1. The van der Waals surface area contributed by atoms with Crippen molar-refractivity contribution in [3.05, 3.63) is 23.9 Å². The van der Waals surface area contributed by atoms with Crippen LogP contribution in [0.5, 0.6) is 0 Å². The maximum absolute atomic E-state index is 7.37. The summed E-state index contributed by atoms with van der Waals surface area (Å²) < 4.78 is 0. The molecule has 4 nitrogen and oxygen atoms in total. The Kier molecular flexibility index (Phi) is 2.18. The number of hydrogen-bond donors (Lipinski definition) is 3. The second-order valence-corrected chi connectivity index (χ2v) is 2.12. The van der Waals surface area contributed by atoms with Gasteiger partial charge in [0.15, 0.2) is 0 Å². The molecule has 1 heterocycles. The molecule has 1 rings (SSSR count). The Morgan fingerprint density at radius 1 is 1.64 bits per heavy atom. The minimum absolute atomic E-state index is 0.190. The highest BCUT2D eigenvalue weighted by Gasteiger charge is 2.02. The van der Waals surface area contributed by atoms with Crippen LogP contribution in [-0.4, -0.2) is 17.2 Å². The smallest absolute Gasteiger partial charge is 0.132 e. The van der Waals surface area contributed by atoms with Gasteiger partial charge in [-0.2, -0.15) is 0 Å². The fourth-order valence-corrected chi connectivity index (χ4v) is 0.783. The lowest BCUT2D eigenvalue weighted by Gasteiger charge is -2.02. The van der Waals surface area contributed by atoms with Crippen LogP contribution in [0.3, 0.4) is 0 Å². The third-order valence-corrected chi connectivity index (χ3v) is 1.37. The van der Waals surface area contributed by atoms with Gasteiger partial charge in [0.2, 0.25) is 0 Å². The van der Waals surface area contributed by atoms with Crippen LogP contribution in [0.4, 0.5) is 5.82 Å². The second-order valence-electron chi connectivity index (χ2n) is 2.12. The van der Waals surface area contributed by atoms with E-state index in [2.05, 4.69) is 4.98 Å². The first kappa shape index (κ1) is 7.68. The predicted molar refractivity (Wildman–Crippen MR) is 44.5 cm³/mol. The summed E-state index contributed by atoms with van der Waals surface area (Å²) in [5, 5.41) is 7.37. The van der Waals surface area contributed by atoms with Crippen LogP contribution in [0.1, 0.15) is 5.56 Å². The monoisotopic (exact) mass is 150 g/mol. The Balaban J connectivity index is 3.03. The number of hydrogen-bond acceptors (Lipinski definition) is 4. The van der Waals surface area contributed by atoms with Gasteiger partial charge < -0.3 is 16.9 Å². The quantitative estimate of drug-likeness (QED) is 0.518. The van der Waals surface area contributed by atoms with Crippen molar-refractivity contribution in [1.82, 2.24) is 4.98 Å². The molecule has 4 heteroatoms. The maximum atomic E-state index is 7.37. The zero-order chi connectivity index (χ0) is 8.27. The Bertz CT molecular complexity index is 269. The topological polar surface area (TPSA) is 88.8 Å². The van der Waals surface area contributed by atoms with Crippen molar-refractivity contribution in [2.75, 3.05) is 12.3 Å². The number of nitrogens with zero attached hydrogens (tertiary/aromatic N) is 1. The molecule has 1 aromatic rings. The van der Waals surface area contributed by atoms with Crippen LogP contribution in [0.2, 0.25) is 0 Å². The molecule has 0 atom stereocenters. The van der Waals surface area contributed by atoms with Gasteiger partial charge in [-0.15, -0.1) is 0 Å². The van der Waals surface area contributed by atoms with E-state index in [-0.39, 0.29) is 6.54 Å². The van der Waals surface area contributed by atoms with Crippen molar-refractivity contribution >= 4 is 11.5 Å². The van der Waals surface area contributed by atoms with Crippen molar-refractivity contribution in [3.63, 3.8) is 0 Å². The number of nitrogens with two attached hydrogens (primary N) is 2. The predicted octanol–water partition coefficient (Wildman–Crippen LogP) is -0.00963. The second kappa shape index (κ2) is 3.12. The van der Waals surface area contributed by atoms with E-state index >= 15 is 0 Å². The van der Waals surface area contributed by atoms with Crippen molar-refractivity contribution in [3.8, 4) is 0 Å². The molecule has 1 aromatic heterocycles. The number of pyridine rings is 1. The number of anilines is 1. The van der Waals surface area contributed by atoms with Gasteiger partial charge in [-0.05, 0) is 12.1 Å². The zero-order valence-electron chi connectivity index (χ0n) is 6.04. The van der Waals surface area contributed by atoms with Gasteiger partial charge in [-0.3, -0.25) is 0 Å². The molecular formula is C7H10N4. The maximum Gasteiger partial charge on any atom is 0.132 e. The average molecular weight is 150 g/mol. The molecule has 0 spiro atoms. The Morgan fingerprint density at radius 3 is 2.91 bits per heavy atom. The lowest BCUT2D eigenvalue weighted by Crippen LogP contribution is -2.15. The molecule has 0 unspecified atom stereocenters. The lowest BCUT2D eigenvalue weighted by molar-refractivity contribution is 1.24. The molecule has 0 aliphatic heterocycles. The first-order chi connectivity index (χ1) is 5.25. The van der Waals surface area contributed by atoms with Gasteiger partial charge in [-0.1, -0.05) is 0 Å². The van der Waals surface area contributed by atoms with Gasteiger partial charge in [0.05, 0.1) is 5.71 Å². The lowest BCUT2D eigenvalue weighted by atomic mass is 10.1. The number of nitrogens with one attached hydrogen (secondary N) is 1. The average Bonchev–Trinajstić information content (AvgIpc) is 2.04. The Morgan fingerprint density at radius 2 is 2.36 bits per heavy atom. The summed E-state index contributed by atoms with van der Waals surface area (Å²) in [5.74, 6) is 0.364. The first-order valence-electron chi connectivity index (χ1n) is 3.24. The molecule has 0 amide bonds. The Hall–Kier alpha value is -1.42. The first-order valence-corrected chi connectivity index (χ1v) is 3.24. The summed E-state index contributed by atoms with van der Waals surface area (Å²) in [7, 11) is 0. The molecular weight excluding hydrogens is 140 g/mol. The van der Waals surface area contributed by atoms with Crippen LogP contribution >= 0.6 is 0 Å². The van der Waals surface area contributed by atoms with Crippen LogP contribution < -0.4 is 11.5 Å². The summed E-state index contributed by atoms with van der Waals surface area (Å²) in [6, 6.07) is 3.47. The van der Waals surface area contributed by atoms with Crippen molar-refractivity contribution in [1.29, 1.82) is 5.41 Å². The van der Waals surface area contributed by atoms with E-state index in [1.54, 1.807) is 18.3 Å². The molecule has 58 valence electrons. The van der Waals surface area contributed by atoms with E-state index in [9.17, 15) is 0 Å². The van der Waals surface area contributed by atoms with Crippen molar-refractivity contribution in [2.24, 2.45) is 5.73 Å². The standard InChI is InChI=1S/C7H10N4/c8-4-6(9)5-2-1-3-11-7(5)10/h1-3,9H,4,8H2,(H2,10,11). The van der Waals surface area contributed by atoms with Gasteiger partial charge in [-0.25, -0.2) is 4.98 Å². The molecule has 0 radical (unpaired) electrons. The third-order valence-electron chi connectivity index (χ3n) is 1.37. The third kappa shape index (κ3) is 1.53. The number of nitrogen functional groups attached to an aromatic ring is 1. The van der Waals surface area contributed by atoms with Crippen LogP contribution in [-0.2, 0) is 0 Å². The SMILES string of the molecule is N=C(CN)c1cccnc1N. The van der Waals surface area contributed by atoms with Crippen LogP contribution in [0.15, 0.2) is 18.3 Å². The molecule has 0 aliphatic rings. The van der Waals surface area contributed by atoms with E-state index in [1.165, 1.54) is 0 Å². The summed E-state index contributed by atoms with van der Waals surface area (Å²) in [5.41, 5.74) is 11.7. The number of rotatable bonds is 2. The van der Waals surface area contributed by atoms with Gasteiger partial charge in [0.25, 0.3) is 0 Å². The highest BCUT2D eigenvalue weighted by atomic mass is 14.8. The molecule has 11 heavy (non-hydrogen) atoms. The Labute approximate surface area is 64.7 Å². The highest BCUT2D eigenvalue weighted by Crippen LogP contribution is 2.06. The van der Waals surface area contributed by atoms with E-state index in [0.29, 0.717) is 17.1 Å². The van der Waals surface area contributed by atoms with E-state index < -0.39 is 0 Å². The highest BCUT2D eigenvalue weighted by molar-refractivity contribution is 6.03. The molecule has 0 aromatic carbocycles. The van der Waals surface area contributed by atoms with Gasteiger partial charge >= 0.3 is 0 Å². The zero-order valence-corrected chi connectivity index (χ0v) is 6.04. The summed E-state index contributed by atoms with van der Waals surface area (Å²) in [6.45, 7) is 0.190. The van der Waals surface area contributed by atoms with E-state index in [1.807, 2.05) is 0 Å². The van der Waals surface area contributed by atoms with Gasteiger partial charge in [0, 0.05) is 18.3 Å². The van der Waals surface area contributed by atoms with Crippen molar-refractivity contribution in [2.45, 2.75) is 0 Å². The fourth-order valence-electron chi connectivity index (χ4n) is 0.783. The van der Waals surface area contributed by atoms with Gasteiger partial charge in [0.1, 0.15) is 5.82 Å². The summed E-state index contributed by atoms with van der Waals surface area (Å²) >= 11 is 0. The van der Waals surface area contributed by atoms with Crippen LogP contribution in [0.25, 0.3) is 0 Å². The molecule has 0 saturated carbocycles. The molecule has 0 aliphatic carbocycles. The normalized spacial score (nSPS) is 9.55. The minimum atomic E-state index is 0.190.